The maximum atomic E-state index is 13.3. The second-order valence-electron chi connectivity index (χ2n) is 6.24. The summed E-state index contributed by atoms with van der Waals surface area (Å²) < 4.78 is 14.9. The molecule has 27 heavy (non-hydrogen) atoms. The van der Waals surface area contributed by atoms with Crippen LogP contribution >= 0.6 is 11.6 Å². The standard InChI is InChI=1S/C20H15ClFN5/c1-11-17(12-2-6-14(21)7-3-12)20-25-18(13-4-8-15(22)9-5-13)16(10-23)19(24)27(20)26-11/h2-9,19,25H,24H2,1H3/t19-/m1/s1. The number of aromatic nitrogens is 2. The Morgan fingerprint density at radius 1 is 1.15 bits per heavy atom. The van der Waals surface area contributed by atoms with E-state index >= 15 is 0 Å². The maximum absolute atomic E-state index is 13.3. The van der Waals surface area contributed by atoms with E-state index in [0.717, 1.165) is 16.8 Å². The van der Waals surface area contributed by atoms with Gasteiger partial charge in [0.05, 0.1) is 17.0 Å². The highest BCUT2D eigenvalue weighted by Gasteiger charge is 2.30. The minimum atomic E-state index is -0.744. The number of nitrogens with zero attached hydrogens (tertiary/aromatic N) is 3. The number of nitrogens with two attached hydrogens (primary N) is 1. The van der Waals surface area contributed by atoms with Gasteiger partial charge in [-0.2, -0.15) is 10.4 Å². The summed E-state index contributed by atoms with van der Waals surface area (Å²) >= 11 is 6.00. The third kappa shape index (κ3) is 2.87. The molecule has 0 spiro atoms. The maximum Gasteiger partial charge on any atom is 0.139 e. The van der Waals surface area contributed by atoms with Gasteiger partial charge in [0.1, 0.15) is 23.9 Å². The molecule has 5 nitrogen and oxygen atoms in total. The summed E-state index contributed by atoms with van der Waals surface area (Å²) in [7, 11) is 0. The number of benzene rings is 2. The van der Waals surface area contributed by atoms with Gasteiger partial charge in [0.25, 0.3) is 0 Å². The molecule has 0 bridgehead atoms. The van der Waals surface area contributed by atoms with Crippen molar-refractivity contribution in [1.29, 1.82) is 5.26 Å². The van der Waals surface area contributed by atoms with Gasteiger partial charge in [0.2, 0.25) is 0 Å². The normalized spacial score (nSPS) is 15.9. The van der Waals surface area contributed by atoms with Gasteiger partial charge in [0, 0.05) is 10.6 Å². The molecule has 1 aliphatic rings. The molecular formula is C20H15ClFN5. The SMILES string of the molecule is Cc1nn2c(c1-c1ccc(Cl)cc1)NC(c1ccc(F)cc1)=C(C#N)[C@@H]2N. The summed E-state index contributed by atoms with van der Waals surface area (Å²) in [6.07, 6.45) is -0.744. The fraction of sp³-hybridized carbons (Fsp3) is 0.100. The molecule has 4 rings (SSSR count). The number of anilines is 1. The zero-order chi connectivity index (χ0) is 19.1. The van der Waals surface area contributed by atoms with Crippen LogP contribution < -0.4 is 11.1 Å². The molecular weight excluding hydrogens is 365 g/mol. The number of hydrogen-bond acceptors (Lipinski definition) is 4. The molecule has 0 unspecified atom stereocenters. The zero-order valence-electron chi connectivity index (χ0n) is 14.4. The van der Waals surface area contributed by atoms with Crippen molar-refractivity contribution in [2.75, 3.05) is 5.32 Å². The average Bonchev–Trinajstić information content (AvgIpc) is 2.99. The molecule has 2 aromatic carbocycles. The Balaban J connectivity index is 1.88. The van der Waals surface area contributed by atoms with Gasteiger partial charge in [0.15, 0.2) is 0 Å². The van der Waals surface area contributed by atoms with E-state index in [1.54, 1.807) is 28.9 Å². The van der Waals surface area contributed by atoms with Crippen LogP contribution in [0.2, 0.25) is 5.02 Å². The number of fused-ring (bicyclic) bond motifs is 1. The van der Waals surface area contributed by atoms with Crippen LogP contribution in [0.1, 0.15) is 17.4 Å². The van der Waals surface area contributed by atoms with Crippen LogP contribution in [-0.4, -0.2) is 9.78 Å². The van der Waals surface area contributed by atoms with Gasteiger partial charge in [-0.3, -0.25) is 0 Å². The van der Waals surface area contributed by atoms with Gasteiger partial charge in [-0.05, 0) is 54.4 Å². The van der Waals surface area contributed by atoms with Crippen molar-refractivity contribution >= 4 is 23.1 Å². The molecule has 1 aromatic heterocycles. The third-order valence-electron chi connectivity index (χ3n) is 4.54. The zero-order valence-corrected chi connectivity index (χ0v) is 15.1. The minimum absolute atomic E-state index is 0.333. The van der Waals surface area contributed by atoms with E-state index in [4.69, 9.17) is 17.3 Å². The topological polar surface area (TPSA) is 79.7 Å². The number of rotatable bonds is 2. The molecule has 2 heterocycles. The lowest BCUT2D eigenvalue weighted by Crippen LogP contribution is -2.29. The van der Waals surface area contributed by atoms with E-state index in [1.165, 1.54) is 12.1 Å². The molecule has 7 heteroatoms. The Labute approximate surface area is 160 Å². The molecule has 0 aliphatic carbocycles. The van der Waals surface area contributed by atoms with Crippen molar-refractivity contribution < 1.29 is 4.39 Å². The van der Waals surface area contributed by atoms with Gasteiger partial charge >= 0.3 is 0 Å². The highest BCUT2D eigenvalue weighted by molar-refractivity contribution is 6.30. The monoisotopic (exact) mass is 379 g/mol. The van der Waals surface area contributed by atoms with E-state index in [0.29, 0.717) is 27.7 Å². The molecule has 0 saturated heterocycles. The molecule has 0 saturated carbocycles. The number of nitriles is 1. The first-order valence-electron chi connectivity index (χ1n) is 8.27. The summed E-state index contributed by atoms with van der Waals surface area (Å²) in [5.74, 6) is 0.335. The molecule has 0 amide bonds. The van der Waals surface area contributed by atoms with E-state index in [1.807, 2.05) is 19.1 Å². The smallest absolute Gasteiger partial charge is 0.139 e. The third-order valence-corrected chi connectivity index (χ3v) is 4.80. The van der Waals surface area contributed by atoms with E-state index in [2.05, 4.69) is 16.5 Å². The van der Waals surface area contributed by atoms with Crippen molar-refractivity contribution in [3.63, 3.8) is 0 Å². The summed E-state index contributed by atoms with van der Waals surface area (Å²) in [4.78, 5) is 0. The van der Waals surface area contributed by atoms with Gasteiger partial charge in [-0.25, -0.2) is 9.07 Å². The lowest BCUT2D eigenvalue weighted by molar-refractivity contribution is 0.540. The Morgan fingerprint density at radius 3 is 2.41 bits per heavy atom. The first kappa shape index (κ1) is 17.3. The van der Waals surface area contributed by atoms with Crippen molar-refractivity contribution in [3.8, 4) is 17.2 Å². The minimum Gasteiger partial charge on any atom is -0.338 e. The summed E-state index contributed by atoms with van der Waals surface area (Å²) in [6, 6.07) is 15.5. The predicted octanol–water partition coefficient (Wildman–Crippen LogP) is 4.47. The van der Waals surface area contributed by atoms with E-state index in [-0.39, 0.29) is 5.82 Å². The number of hydrogen-bond donors (Lipinski definition) is 2. The first-order chi connectivity index (χ1) is 13.0. The quantitative estimate of drug-likeness (QED) is 0.688. The Morgan fingerprint density at radius 2 is 1.78 bits per heavy atom. The number of aryl methyl sites for hydroxylation is 1. The summed E-state index contributed by atoms with van der Waals surface area (Å²) in [5, 5.41) is 18.1. The van der Waals surface area contributed by atoms with Crippen LogP contribution in [0, 0.1) is 24.1 Å². The van der Waals surface area contributed by atoms with Crippen LogP contribution in [0.25, 0.3) is 16.8 Å². The van der Waals surface area contributed by atoms with Crippen molar-refractivity contribution in [2.45, 2.75) is 13.1 Å². The molecule has 0 fully saturated rings. The molecule has 1 aliphatic heterocycles. The van der Waals surface area contributed by atoms with Crippen molar-refractivity contribution in [3.05, 3.63) is 76.2 Å². The lowest BCUT2D eigenvalue weighted by atomic mass is 10.0. The van der Waals surface area contributed by atoms with Crippen LogP contribution in [0.15, 0.2) is 54.1 Å². The Hall–Kier alpha value is -3.14. The van der Waals surface area contributed by atoms with Gasteiger partial charge < -0.3 is 11.1 Å². The highest BCUT2D eigenvalue weighted by Crippen LogP contribution is 2.40. The van der Waals surface area contributed by atoms with Crippen LogP contribution in [0.4, 0.5) is 10.2 Å². The van der Waals surface area contributed by atoms with E-state index < -0.39 is 6.17 Å². The molecule has 0 radical (unpaired) electrons. The average molecular weight is 380 g/mol. The second kappa shape index (κ2) is 6.54. The van der Waals surface area contributed by atoms with Crippen molar-refractivity contribution in [1.82, 2.24) is 9.78 Å². The molecule has 3 aromatic rings. The van der Waals surface area contributed by atoms with Crippen LogP contribution in [0.3, 0.4) is 0 Å². The number of nitrogens with one attached hydrogen (secondary N) is 1. The second-order valence-corrected chi connectivity index (χ2v) is 6.67. The molecule has 3 N–H and O–H groups in total. The molecule has 1 atom stereocenters. The predicted molar refractivity (Wildman–Crippen MR) is 103 cm³/mol. The van der Waals surface area contributed by atoms with Crippen molar-refractivity contribution in [2.24, 2.45) is 5.73 Å². The molecule has 134 valence electrons. The first-order valence-corrected chi connectivity index (χ1v) is 8.65. The van der Waals surface area contributed by atoms with E-state index in [9.17, 15) is 9.65 Å². The van der Waals surface area contributed by atoms with Crippen LogP contribution in [0.5, 0.6) is 0 Å². The van der Waals surface area contributed by atoms with Gasteiger partial charge in [-0.1, -0.05) is 23.7 Å². The largest absolute Gasteiger partial charge is 0.338 e. The number of halogens is 2. The fourth-order valence-electron chi connectivity index (χ4n) is 3.25. The van der Waals surface area contributed by atoms with Crippen LogP contribution in [-0.2, 0) is 0 Å². The fourth-order valence-corrected chi connectivity index (χ4v) is 3.38. The highest BCUT2D eigenvalue weighted by atomic mass is 35.5. The van der Waals surface area contributed by atoms with Gasteiger partial charge in [-0.15, -0.1) is 0 Å². The summed E-state index contributed by atoms with van der Waals surface area (Å²) in [5.41, 5.74) is 10.5. The lowest BCUT2D eigenvalue weighted by Gasteiger charge is -2.26. The Kier molecular flexibility index (Phi) is 4.19. The summed E-state index contributed by atoms with van der Waals surface area (Å²) in [6.45, 7) is 1.88. The Bertz CT molecular complexity index is 1090.